The Morgan fingerprint density at radius 3 is 1.27 bits per heavy atom. The van der Waals surface area contributed by atoms with Gasteiger partial charge in [-0.3, -0.25) is 0 Å². The molecule has 0 aliphatic heterocycles. The average Bonchev–Trinajstić information content (AvgIpc) is 3.57. The third kappa shape index (κ3) is 9.17. The first kappa shape index (κ1) is 30.8. The summed E-state index contributed by atoms with van der Waals surface area (Å²) >= 11 is 0. The lowest BCUT2D eigenvalue weighted by Gasteiger charge is -2.08. The van der Waals surface area contributed by atoms with E-state index in [0.717, 1.165) is 59.0 Å². The van der Waals surface area contributed by atoms with E-state index in [4.69, 9.17) is 18.6 Å². The standard InChI is InChI=1S/C37H39FN2O4/c1-41-33-20-14-30(15-21-33)36-39-40-37(44-36)31-16-24-35(25-17-31)43-27-9-7-5-3-2-4-6-8-26-42-34-22-12-29(13-23-34)28-10-18-32(38)19-11-28/h10-25H,2-9,26-27H2,1H3. The maximum Gasteiger partial charge on any atom is 0.248 e. The van der Waals surface area contributed by atoms with Gasteiger partial charge in [0, 0.05) is 11.1 Å². The second-order valence-electron chi connectivity index (χ2n) is 10.7. The van der Waals surface area contributed by atoms with Crippen LogP contribution in [0, 0.1) is 5.82 Å². The van der Waals surface area contributed by atoms with Crippen LogP contribution in [0.15, 0.2) is 101 Å². The van der Waals surface area contributed by atoms with Crippen LogP contribution >= 0.6 is 0 Å². The summed E-state index contributed by atoms with van der Waals surface area (Å²) in [4.78, 5) is 0. The van der Waals surface area contributed by atoms with Crippen LogP contribution in [0.5, 0.6) is 17.2 Å². The van der Waals surface area contributed by atoms with Crippen molar-refractivity contribution >= 4 is 0 Å². The van der Waals surface area contributed by atoms with E-state index in [1.54, 1.807) is 19.2 Å². The molecule has 0 radical (unpaired) electrons. The third-order valence-corrected chi connectivity index (χ3v) is 7.47. The number of nitrogens with zero attached hydrogens (tertiary/aromatic N) is 2. The molecule has 44 heavy (non-hydrogen) atoms. The van der Waals surface area contributed by atoms with Gasteiger partial charge in [-0.1, -0.05) is 62.8 Å². The highest BCUT2D eigenvalue weighted by molar-refractivity contribution is 5.64. The predicted octanol–water partition coefficient (Wildman–Crippen LogP) is 9.80. The molecule has 0 amide bonds. The van der Waals surface area contributed by atoms with Crippen molar-refractivity contribution < 1.29 is 23.0 Å². The summed E-state index contributed by atoms with van der Waals surface area (Å²) in [5.74, 6) is 3.23. The molecular weight excluding hydrogens is 555 g/mol. The smallest absolute Gasteiger partial charge is 0.248 e. The summed E-state index contributed by atoms with van der Waals surface area (Å²) in [6.07, 6.45) is 9.43. The molecule has 0 fully saturated rings. The van der Waals surface area contributed by atoms with Gasteiger partial charge in [-0.15, -0.1) is 10.2 Å². The zero-order chi connectivity index (χ0) is 30.4. The summed E-state index contributed by atoms with van der Waals surface area (Å²) in [5.41, 5.74) is 3.75. The van der Waals surface area contributed by atoms with Crippen molar-refractivity contribution in [1.29, 1.82) is 0 Å². The van der Waals surface area contributed by atoms with E-state index in [0.29, 0.717) is 18.4 Å². The minimum absolute atomic E-state index is 0.221. The highest BCUT2D eigenvalue weighted by Gasteiger charge is 2.11. The van der Waals surface area contributed by atoms with Gasteiger partial charge in [0.05, 0.1) is 20.3 Å². The number of aromatic nitrogens is 2. The Hall–Kier alpha value is -4.65. The van der Waals surface area contributed by atoms with Crippen molar-refractivity contribution in [1.82, 2.24) is 10.2 Å². The first-order valence-corrected chi connectivity index (χ1v) is 15.4. The predicted molar refractivity (Wildman–Crippen MR) is 171 cm³/mol. The topological polar surface area (TPSA) is 66.6 Å². The number of unbranched alkanes of at least 4 members (excludes halogenated alkanes) is 7. The molecule has 7 heteroatoms. The zero-order valence-electron chi connectivity index (χ0n) is 25.2. The Bertz CT molecular complexity index is 1530. The fourth-order valence-electron chi connectivity index (χ4n) is 4.91. The van der Waals surface area contributed by atoms with E-state index >= 15 is 0 Å². The Morgan fingerprint density at radius 1 is 0.477 bits per heavy atom. The molecule has 0 aliphatic carbocycles. The lowest BCUT2D eigenvalue weighted by molar-refractivity contribution is 0.301. The van der Waals surface area contributed by atoms with Crippen molar-refractivity contribution in [2.24, 2.45) is 0 Å². The van der Waals surface area contributed by atoms with Crippen molar-refractivity contribution in [3.05, 3.63) is 103 Å². The summed E-state index contributed by atoms with van der Waals surface area (Å²) in [7, 11) is 1.64. The highest BCUT2D eigenvalue weighted by Crippen LogP contribution is 2.27. The number of rotatable bonds is 17. The van der Waals surface area contributed by atoms with Gasteiger partial charge < -0.3 is 18.6 Å². The third-order valence-electron chi connectivity index (χ3n) is 7.47. The van der Waals surface area contributed by atoms with Gasteiger partial charge >= 0.3 is 0 Å². The summed E-state index contributed by atoms with van der Waals surface area (Å²) in [6.45, 7) is 1.44. The van der Waals surface area contributed by atoms with Crippen LogP contribution in [0.3, 0.4) is 0 Å². The number of benzene rings is 4. The van der Waals surface area contributed by atoms with Gasteiger partial charge in [-0.2, -0.15) is 0 Å². The maximum atomic E-state index is 13.1. The lowest BCUT2D eigenvalue weighted by atomic mass is 10.1. The quantitative estimate of drug-likeness (QED) is 0.0999. The first-order valence-electron chi connectivity index (χ1n) is 15.4. The molecule has 0 saturated heterocycles. The van der Waals surface area contributed by atoms with E-state index in [9.17, 15) is 4.39 Å². The molecule has 1 aromatic heterocycles. The molecule has 4 aromatic carbocycles. The van der Waals surface area contributed by atoms with Gasteiger partial charge in [0.1, 0.15) is 23.1 Å². The van der Waals surface area contributed by atoms with Gasteiger partial charge in [0.15, 0.2) is 0 Å². The molecule has 0 aliphatic rings. The van der Waals surface area contributed by atoms with Crippen LogP contribution in [0.2, 0.25) is 0 Å². The van der Waals surface area contributed by atoms with Crippen molar-refractivity contribution in [2.75, 3.05) is 20.3 Å². The maximum absolute atomic E-state index is 13.1. The number of halogens is 1. The van der Waals surface area contributed by atoms with Gasteiger partial charge in [-0.05, 0) is 96.8 Å². The second-order valence-corrected chi connectivity index (χ2v) is 10.7. The van der Waals surface area contributed by atoms with E-state index < -0.39 is 0 Å². The molecule has 5 aromatic rings. The molecule has 0 saturated carbocycles. The number of methoxy groups -OCH3 is 1. The number of hydrogen-bond donors (Lipinski definition) is 0. The number of ether oxygens (including phenoxy) is 3. The fraction of sp³-hybridized carbons (Fsp3) is 0.297. The van der Waals surface area contributed by atoms with Crippen LogP contribution in [0.1, 0.15) is 51.4 Å². The minimum Gasteiger partial charge on any atom is -0.497 e. The summed E-state index contributed by atoms with van der Waals surface area (Å²) in [5, 5.41) is 8.36. The monoisotopic (exact) mass is 594 g/mol. The second kappa shape index (κ2) is 16.3. The normalized spacial score (nSPS) is 11.0. The lowest BCUT2D eigenvalue weighted by Crippen LogP contribution is -1.98. The van der Waals surface area contributed by atoms with Crippen LogP contribution in [0.4, 0.5) is 4.39 Å². The molecule has 1 heterocycles. The highest BCUT2D eigenvalue weighted by atomic mass is 19.1. The number of hydrogen-bond acceptors (Lipinski definition) is 6. The SMILES string of the molecule is COc1ccc(-c2nnc(-c3ccc(OCCCCCCCCCCOc4ccc(-c5ccc(F)cc5)cc4)cc3)o2)cc1. The summed E-state index contributed by atoms with van der Waals surface area (Å²) in [6, 6.07) is 29.8. The molecule has 0 bridgehead atoms. The van der Waals surface area contributed by atoms with Crippen molar-refractivity contribution in [2.45, 2.75) is 51.4 Å². The average molecular weight is 595 g/mol. The Kier molecular flexibility index (Phi) is 11.4. The molecule has 0 N–H and O–H groups in total. The fourth-order valence-corrected chi connectivity index (χ4v) is 4.91. The molecule has 0 atom stereocenters. The zero-order valence-corrected chi connectivity index (χ0v) is 25.2. The van der Waals surface area contributed by atoms with E-state index in [1.165, 1.54) is 50.7 Å². The largest absolute Gasteiger partial charge is 0.497 e. The first-order chi connectivity index (χ1) is 21.7. The van der Waals surface area contributed by atoms with Gasteiger partial charge in [0.25, 0.3) is 0 Å². The molecule has 6 nitrogen and oxygen atoms in total. The Labute approximate surface area is 258 Å². The van der Waals surface area contributed by atoms with Gasteiger partial charge in [-0.25, -0.2) is 4.39 Å². The van der Waals surface area contributed by atoms with E-state index in [1.807, 2.05) is 72.8 Å². The molecule has 228 valence electrons. The van der Waals surface area contributed by atoms with Crippen LogP contribution in [0.25, 0.3) is 34.0 Å². The van der Waals surface area contributed by atoms with Crippen LogP contribution in [-0.2, 0) is 0 Å². The summed E-state index contributed by atoms with van der Waals surface area (Å²) < 4.78 is 36.0. The van der Waals surface area contributed by atoms with E-state index in [2.05, 4.69) is 10.2 Å². The molecular formula is C37H39FN2O4. The minimum atomic E-state index is -0.221. The molecule has 5 rings (SSSR count). The molecule has 0 unspecified atom stereocenters. The van der Waals surface area contributed by atoms with Crippen LogP contribution < -0.4 is 14.2 Å². The Morgan fingerprint density at radius 2 is 0.841 bits per heavy atom. The molecule has 0 spiro atoms. The van der Waals surface area contributed by atoms with Crippen LogP contribution in [-0.4, -0.2) is 30.5 Å². The van der Waals surface area contributed by atoms with Gasteiger partial charge in [0.2, 0.25) is 11.8 Å². The Balaban J connectivity index is 0.882. The van der Waals surface area contributed by atoms with Crippen molar-refractivity contribution in [3.8, 4) is 51.3 Å². The van der Waals surface area contributed by atoms with E-state index in [-0.39, 0.29) is 5.82 Å². The van der Waals surface area contributed by atoms with Crippen molar-refractivity contribution in [3.63, 3.8) is 0 Å².